The SMILES string of the molecule is CN(C)S(=O)(=O)c1cccc(Oc2cncc(Br)c2)c1N. The van der Waals surface area contributed by atoms with Gasteiger partial charge in [0.1, 0.15) is 10.6 Å². The number of anilines is 1. The molecule has 0 spiro atoms. The zero-order valence-corrected chi connectivity index (χ0v) is 13.8. The number of pyridine rings is 1. The maximum atomic E-state index is 12.2. The highest BCUT2D eigenvalue weighted by Gasteiger charge is 2.22. The van der Waals surface area contributed by atoms with Crippen LogP contribution in [0.5, 0.6) is 11.5 Å². The molecule has 0 amide bonds. The van der Waals surface area contributed by atoms with Crippen molar-refractivity contribution in [3.8, 4) is 11.5 Å². The summed E-state index contributed by atoms with van der Waals surface area (Å²) in [6.45, 7) is 0. The largest absolute Gasteiger partial charge is 0.453 e. The van der Waals surface area contributed by atoms with Crippen molar-refractivity contribution >= 4 is 31.6 Å². The van der Waals surface area contributed by atoms with E-state index in [1.807, 2.05) is 0 Å². The van der Waals surface area contributed by atoms with E-state index in [9.17, 15) is 8.42 Å². The molecule has 2 rings (SSSR count). The summed E-state index contributed by atoms with van der Waals surface area (Å²) in [6, 6.07) is 6.33. The summed E-state index contributed by atoms with van der Waals surface area (Å²) in [5, 5.41) is 0. The molecule has 1 heterocycles. The first kappa shape index (κ1) is 15.7. The van der Waals surface area contributed by atoms with Gasteiger partial charge in [0.05, 0.1) is 11.9 Å². The predicted molar refractivity (Wildman–Crippen MR) is 83.7 cm³/mol. The first-order chi connectivity index (χ1) is 9.82. The summed E-state index contributed by atoms with van der Waals surface area (Å²) in [6.07, 6.45) is 3.13. The van der Waals surface area contributed by atoms with Gasteiger partial charge in [-0.1, -0.05) is 6.07 Å². The molecule has 112 valence electrons. The Morgan fingerprint density at radius 1 is 1.29 bits per heavy atom. The van der Waals surface area contributed by atoms with Crippen molar-refractivity contribution in [1.29, 1.82) is 0 Å². The van der Waals surface area contributed by atoms with Crippen LogP contribution in [0.4, 0.5) is 5.69 Å². The summed E-state index contributed by atoms with van der Waals surface area (Å²) >= 11 is 3.28. The lowest BCUT2D eigenvalue weighted by molar-refractivity contribution is 0.479. The molecule has 0 bridgehead atoms. The number of ether oxygens (including phenoxy) is 1. The number of nitrogens with zero attached hydrogens (tertiary/aromatic N) is 2. The molecule has 0 atom stereocenters. The van der Waals surface area contributed by atoms with Crippen molar-refractivity contribution in [1.82, 2.24) is 9.29 Å². The van der Waals surface area contributed by atoms with E-state index in [0.717, 1.165) is 8.78 Å². The molecular weight excluding hydrogens is 358 g/mol. The molecule has 0 aliphatic rings. The van der Waals surface area contributed by atoms with Gasteiger partial charge in [0.25, 0.3) is 0 Å². The fourth-order valence-electron chi connectivity index (χ4n) is 1.61. The van der Waals surface area contributed by atoms with E-state index in [0.29, 0.717) is 5.75 Å². The van der Waals surface area contributed by atoms with Crippen LogP contribution >= 0.6 is 15.9 Å². The van der Waals surface area contributed by atoms with E-state index in [-0.39, 0.29) is 16.3 Å². The number of sulfonamides is 1. The lowest BCUT2D eigenvalue weighted by Gasteiger charge is -2.15. The van der Waals surface area contributed by atoms with Gasteiger partial charge in [-0.15, -0.1) is 0 Å². The summed E-state index contributed by atoms with van der Waals surface area (Å²) in [5.74, 6) is 0.716. The Bertz CT molecular complexity index is 763. The third-order valence-electron chi connectivity index (χ3n) is 2.69. The van der Waals surface area contributed by atoms with Gasteiger partial charge in [0, 0.05) is 24.8 Å². The second-order valence-corrected chi connectivity index (χ2v) is 7.43. The number of halogens is 1. The van der Waals surface area contributed by atoms with Crippen molar-refractivity contribution in [3.05, 3.63) is 41.1 Å². The van der Waals surface area contributed by atoms with Gasteiger partial charge in [-0.25, -0.2) is 12.7 Å². The van der Waals surface area contributed by atoms with Crippen LogP contribution in [0.3, 0.4) is 0 Å². The minimum absolute atomic E-state index is 0.00737. The van der Waals surface area contributed by atoms with E-state index in [1.54, 1.807) is 24.4 Å². The smallest absolute Gasteiger partial charge is 0.244 e. The number of benzene rings is 1. The number of rotatable bonds is 4. The molecular formula is C13H14BrN3O3S. The van der Waals surface area contributed by atoms with Crippen LogP contribution in [0.15, 0.2) is 46.0 Å². The van der Waals surface area contributed by atoms with Crippen LogP contribution in [0.2, 0.25) is 0 Å². The van der Waals surface area contributed by atoms with Crippen LogP contribution in [0, 0.1) is 0 Å². The van der Waals surface area contributed by atoms with E-state index in [2.05, 4.69) is 20.9 Å². The molecule has 2 N–H and O–H groups in total. The maximum absolute atomic E-state index is 12.2. The van der Waals surface area contributed by atoms with E-state index in [4.69, 9.17) is 10.5 Å². The Morgan fingerprint density at radius 2 is 2.00 bits per heavy atom. The average molecular weight is 372 g/mol. The van der Waals surface area contributed by atoms with Gasteiger partial charge in [-0.05, 0) is 34.1 Å². The van der Waals surface area contributed by atoms with E-state index < -0.39 is 10.0 Å². The molecule has 6 nitrogen and oxygen atoms in total. The molecule has 2 aromatic rings. The van der Waals surface area contributed by atoms with Crippen LogP contribution < -0.4 is 10.5 Å². The fraction of sp³-hybridized carbons (Fsp3) is 0.154. The van der Waals surface area contributed by atoms with Crippen LogP contribution in [-0.2, 0) is 10.0 Å². The van der Waals surface area contributed by atoms with Crippen molar-refractivity contribution in [2.24, 2.45) is 0 Å². The summed E-state index contributed by atoms with van der Waals surface area (Å²) in [7, 11) is -0.737. The third kappa shape index (κ3) is 3.34. The minimum Gasteiger partial charge on any atom is -0.453 e. The highest BCUT2D eigenvalue weighted by molar-refractivity contribution is 9.10. The molecule has 0 saturated carbocycles. The molecule has 0 radical (unpaired) electrons. The van der Waals surface area contributed by atoms with E-state index in [1.165, 1.54) is 26.4 Å². The minimum atomic E-state index is -3.63. The number of para-hydroxylation sites is 1. The highest BCUT2D eigenvalue weighted by Crippen LogP contribution is 2.33. The maximum Gasteiger partial charge on any atom is 0.244 e. The fourth-order valence-corrected chi connectivity index (χ4v) is 2.98. The van der Waals surface area contributed by atoms with Gasteiger partial charge < -0.3 is 10.5 Å². The van der Waals surface area contributed by atoms with E-state index >= 15 is 0 Å². The van der Waals surface area contributed by atoms with Gasteiger partial charge in [0.2, 0.25) is 10.0 Å². The van der Waals surface area contributed by atoms with Crippen molar-refractivity contribution < 1.29 is 13.2 Å². The number of nitrogens with two attached hydrogens (primary N) is 1. The topological polar surface area (TPSA) is 85.5 Å². The highest BCUT2D eigenvalue weighted by atomic mass is 79.9. The predicted octanol–water partition coefficient (Wildman–Crippen LogP) is 2.47. The third-order valence-corrected chi connectivity index (χ3v) is 5.00. The zero-order valence-electron chi connectivity index (χ0n) is 11.4. The van der Waals surface area contributed by atoms with Gasteiger partial charge in [-0.3, -0.25) is 4.98 Å². The molecule has 8 heteroatoms. The summed E-state index contributed by atoms with van der Waals surface area (Å²) in [5.41, 5.74) is 5.99. The summed E-state index contributed by atoms with van der Waals surface area (Å²) < 4.78 is 31.8. The van der Waals surface area contributed by atoms with Gasteiger partial charge in [-0.2, -0.15) is 0 Å². The molecule has 1 aromatic heterocycles. The lowest BCUT2D eigenvalue weighted by Crippen LogP contribution is -2.23. The Morgan fingerprint density at radius 3 is 2.62 bits per heavy atom. The van der Waals surface area contributed by atoms with Gasteiger partial charge >= 0.3 is 0 Å². The van der Waals surface area contributed by atoms with Crippen LogP contribution in [-0.4, -0.2) is 31.8 Å². The zero-order chi connectivity index (χ0) is 15.6. The molecule has 1 aromatic carbocycles. The first-order valence-electron chi connectivity index (χ1n) is 5.92. The molecule has 0 aliphatic heterocycles. The monoisotopic (exact) mass is 371 g/mol. The number of nitrogen functional groups attached to an aromatic ring is 1. The normalized spacial score (nSPS) is 11.6. The average Bonchev–Trinajstić information content (AvgIpc) is 2.41. The Balaban J connectivity index is 2.44. The second-order valence-electron chi connectivity index (χ2n) is 4.40. The van der Waals surface area contributed by atoms with Crippen molar-refractivity contribution in [2.45, 2.75) is 4.90 Å². The molecule has 0 unspecified atom stereocenters. The Kier molecular flexibility index (Phi) is 4.50. The number of hydrogen-bond acceptors (Lipinski definition) is 5. The number of hydrogen-bond donors (Lipinski definition) is 1. The standard InChI is InChI=1S/C13H14BrN3O3S/c1-17(2)21(18,19)12-5-3-4-11(13(12)15)20-10-6-9(14)7-16-8-10/h3-8H,15H2,1-2H3. The molecule has 21 heavy (non-hydrogen) atoms. The van der Waals surface area contributed by atoms with Crippen molar-refractivity contribution in [3.63, 3.8) is 0 Å². The molecule has 0 aliphatic carbocycles. The second kappa shape index (κ2) is 6.00. The summed E-state index contributed by atoms with van der Waals surface area (Å²) in [4.78, 5) is 3.98. The quantitative estimate of drug-likeness (QED) is 0.834. The lowest BCUT2D eigenvalue weighted by atomic mass is 10.3. The Hall–Kier alpha value is -1.64. The first-order valence-corrected chi connectivity index (χ1v) is 8.15. The van der Waals surface area contributed by atoms with Crippen molar-refractivity contribution in [2.75, 3.05) is 19.8 Å². The van der Waals surface area contributed by atoms with Gasteiger partial charge in [0.15, 0.2) is 5.75 Å². The molecule has 0 fully saturated rings. The van der Waals surface area contributed by atoms with Crippen LogP contribution in [0.1, 0.15) is 0 Å². The molecule has 0 saturated heterocycles. The number of aromatic nitrogens is 1. The van der Waals surface area contributed by atoms with Crippen LogP contribution in [0.25, 0.3) is 0 Å². The Labute approximate surface area is 131 Å².